The van der Waals surface area contributed by atoms with Crippen molar-refractivity contribution < 1.29 is 8.78 Å². The highest BCUT2D eigenvalue weighted by Crippen LogP contribution is 2.22. The maximum atomic E-state index is 13.2. The van der Waals surface area contributed by atoms with Crippen LogP contribution in [-0.2, 0) is 6.42 Å². The van der Waals surface area contributed by atoms with E-state index in [1.807, 2.05) is 6.92 Å². The van der Waals surface area contributed by atoms with Gasteiger partial charge in [0, 0.05) is 10.9 Å². The maximum Gasteiger partial charge on any atom is 0.195 e. The van der Waals surface area contributed by atoms with Crippen molar-refractivity contribution in [1.82, 2.24) is 4.98 Å². The topological polar surface area (TPSA) is 15.8 Å². The summed E-state index contributed by atoms with van der Waals surface area (Å²) in [6, 6.07) is 4.25. The van der Waals surface area contributed by atoms with Crippen molar-refractivity contribution in [2.45, 2.75) is 13.3 Å². The van der Waals surface area contributed by atoms with Crippen molar-refractivity contribution in [1.29, 1.82) is 0 Å². The number of aryl methyl sites for hydroxylation is 1. The Bertz CT molecular complexity index is 445. The molecule has 2 rings (SSSR count). The van der Waals surface area contributed by atoms with E-state index in [0.29, 0.717) is 17.5 Å². The molecule has 0 atom stereocenters. The fraction of sp³-hybridized carbons (Fsp3) is 0.200. The standard InChI is InChI=1S/C10H9F2N/c1-2-7-8-4-3-6(11)5-9(8)13-10(7)12/h3-5,13H,2H2,1H3. The van der Waals surface area contributed by atoms with Crippen LogP contribution in [0.2, 0.25) is 0 Å². The first kappa shape index (κ1) is 8.23. The van der Waals surface area contributed by atoms with E-state index in [-0.39, 0.29) is 11.8 Å². The number of H-pyrrole nitrogens is 1. The highest BCUT2D eigenvalue weighted by atomic mass is 19.1. The lowest BCUT2D eigenvalue weighted by atomic mass is 10.1. The van der Waals surface area contributed by atoms with Gasteiger partial charge in [-0.3, -0.25) is 0 Å². The van der Waals surface area contributed by atoms with E-state index in [0.717, 1.165) is 5.39 Å². The second-order valence-electron chi connectivity index (χ2n) is 2.96. The Morgan fingerprint density at radius 1 is 1.31 bits per heavy atom. The van der Waals surface area contributed by atoms with Gasteiger partial charge in [-0.25, -0.2) is 4.39 Å². The Morgan fingerprint density at radius 2 is 2.08 bits per heavy atom. The van der Waals surface area contributed by atoms with Crippen LogP contribution in [-0.4, -0.2) is 4.98 Å². The molecular weight excluding hydrogens is 172 g/mol. The number of hydrogen-bond acceptors (Lipinski definition) is 0. The van der Waals surface area contributed by atoms with Crippen LogP contribution in [0.1, 0.15) is 12.5 Å². The molecule has 1 nitrogen and oxygen atoms in total. The summed E-state index contributed by atoms with van der Waals surface area (Å²) >= 11 is 0. The van der Waals surface area contributed by atoms with E-state index in [9.17, 15) is 8.78 Å². The second kappa shape index (κ2) is 2.83. The van der Waals surface area contributed by atoms with Gasteiger partial charge in [-0.1, -0.05) is 6.92 Å². The van der Waals surface area contributed by atoms with Gasteiger partial charge in [0.25, 0.3) is 0 Å². The summed E-state index contributed by atoms with van der Waals surface area (Å²) in [5.41, 5.74) is 1.14. The Labute approximate surface area is 74.4 Å². The van der Waals surface area contributed by atoms with Crippen LogP contribution in [0.15, 0.2) is 18.2 Å². The van der Waals surface area contributed by atoms with Gasteiger partial charge in [-0.15, -0.1) is 0 Å². The number of aromatic nitrogens is 1. The first-order chi connectivity index (χ1) is 6.22. The van der Waals surface area contributed by atoms with Crippen molar-refractivity contribution in [3.63, 3.8) is 0 Å². The van der Waals surface area contributed by atoms with E-state index in [1.165, 1.54) is 12.1 Å². The third kappa shape index (κ3) is 1.20. The molecule has 0 aliphatic heterocycles. The fourth-order valence-electron chi connectivity index (χ4n) is 1.54. The van der Waals surface area contributed by atoms with Gasteiger partial charge in [0.1, 0.15) is 5.82 Å². The zero-order valence-electron chi connectivity index (χ0n) is 7.20. The lowest BCUT2D eigenvalue weighted by molar-refractivity contribution is 0.581. The molecule has 68 valence electrons. The molecule has 0 spiro atoms. The molecule has 0 saturated carbocycles. The number of hydrogen-bond donors (Lipinski definition) is 1. The Kier molecular flexibility index (Phi) is 1.79. The Balaban J connectivity index is 2.79. The molecule has 0 bridgehead atoms. The second-order valence-corrected chi connectivity index (χ2v) is 2.96. The number of aromatic amines is 1. The highest BCUT2D eigenvalue weighted by molar-refractivity contribution is 5.83. The number of fused-ring (bicyclic) bond motifs is 1. The first-order valence-corrected chi connectivity index (χ1v) is 4.18. The Hall–Kier alpha value is -1.38. The molecule has 0 unspecified atom stereocenters. The first-order valence-electron chi connectivity index (χ1n) is 4.18. The van der Waals surface area contributed by atoms with E-state index in [2.05, 4.69) is 4.98 Å². The van der Waals surface area contributed by atoms with Crippen LogP contribution in [0.4, 0.5) is 8.78 Å². The lowest BCUT2D eigenvalue weighted by Gasteiger charge is -1.92. The van der Waals surface area contributed by atoms with Gasteiger partial charge in [-0.05, 0) is 24.6 Å². The van der Waals surface area contributed by atoms with Crippen LogP contribution in [0.25, 0.3) is 10.9 Å². The summed E-state index contributed by atoms with van der Waals surface area (Å²) in [6.45, 7) is 1.87. The van der Waals surface area contributed by atoms with Crippen molar-refractivity contribution in [3.8, 4) is 0 Å². The number of nitrogens with one attached hydrogen (secondary N) is 1. The minimum Gasteiger partial charge on any atom is -0.331 e. The van der Waals surface area contributed by atoms with E-state index in [4.69, 9.17) is 0 Å². The largest absolute Gasteiger partial charge is 0.331 e. The summed E-state index contributed by atoms with van der Waals surface area (Å²) in [5.74, 6) is -0.709. The average Bonchev–Trinajstić information content (AvgIpc) is 2.39. The molecule has 1 heterocycles. The molecule has 0 aliphatic rings. The van der Waals surface area contributed by atoms with Crippen LogP contribution in [0.5, 0.6) is 0 Å². The molecule has 1 aromatic carbocycles. The lowest BCUT2D eigenvalue weighted by Crippen LogP contribution is -1.81. The van der Waals surface area contributed by atoms with Crippen LogP contribution >= 0.6 is 0 Å². The monoisotopic (exact) mass is 181 g/mol. The molecule has 13 heavy (non-hydrogen) atoms. The molecule has 3 heteroatoms. The van der Waals surface area contributed by atoms with E-state index < -0.39 is 0 Å². The molecule has 1 N–H and O–H groups in total. The number of benzene rings is 1. The summed E-state index contributed by atoms with van der Waals surface area (Å²) in [7, 11) is 0. The van der Waals surface area contributed by atoms with Gasteiger partial charge in [0.15, 0.2) is 5.95 Å². The average molecular weight is 181 g/mol. The zero-order valence-corrected chi connectivity index (χ0v) is 7.20. The van der Waals surface area contributed by atoms with Gasteiger partial charge >= 0.3 is 0 Å². The van der Waals surface area contributed by atoms with E-state index in [1.54, 1.807) is 6.07 Å². The van der Waals surface area contributed by atoms with Crippen LogP contribution in [0, 0.1) is 11.8 Å². The molecule has 0 amide bonds. The normalized spacial score (nSPS) is 11.0. The number of halogens is 2. The Morgan fingerprint density at radius 3 is 2.77 bits per heavy atom. The summed E-state index contributed by atoms with van der Waals surface area (Å²) in [4.78, 5) is 2.51. The van der Waals surface area contributed by atoms with Crippen molar-refractivity contribution >= 4 is 10.9 Å². The van der Waals surface area contributed by atoms with Gasteiger partial charge in [0.05, 0.1) is 5.52 Å². The quantitative estimate of drug-likeness (QED) is 0.696. The van der Waals surface area contributed by atoms with Gasteiger partial charge < -0.3 is 4.98 Å². The van der Waals surface area contributed by atoms with Crippen LogP contribution in [0.3, 0.4) is 0 Å². The zero-order chi connectivity index (χ0) is 9.42. The predicted octanol–water partition coefficient (Wildman–Crippen LogP) is 3.01. The minimum atomic E-state index is -0.358. The van der Waals surface area contributed by atoms with Gasteiger partial charge in [-0.2, -0.15) is 4.39 Å². The molecular formula is C10H9F2N. The molecule has 1 aromatic heterocycles. The third-order valence-electron chi connectivity index (χ3n) is 2.17. The predicted molar refractivity (Wildman–Crippen MR) is 47.6 cm³/mol. The highest BCUT2D eigenvalue weighted by Gasteiger charge is 2.09. The molecule has 0 radical (unpaired) electrons. The fourth-order valence-corrected chi connectivity index (χ4v) is 1.54. The van der Waals surface area contributed by atoms with E-state index >= 15 is 0 Å². The molecule has 2 aromatic rings. The van der Waals surface area contributed by atoms with Crippen molar-refractivity contribution in [2.75, 3.05) is 0 Å². The molecule has 0 aliphatic carbocycles. The maximum absolute atomic E-state index is 13.2. The van der Waals surface area contributed by atoms with Crippen molar-refractivity contribution in [3.05, 3.63) is 35.5 Å². The number of rotatable bonds is 1. The van der Waals surface area contributed by atoms with Crippen molar-refractivity contribution in [2.24, 2.45) is 0 Å². The van der Waals surface area contributed by atoms with Crippen LogP contribution < -0.4 is 0 Å². The van der Waals surface area contributed by atoms with Gasteiger partial charge in [0.2, 0.25) is 0 Å². The summed E-state index contributed by atoms with van der Waals surface area (Å²) in [5, 5.41) is 0.765. The molecule has 0 fully saturated rings. The molecule has 0 saturated heterocycles. The summed E-state index contributed by atoms with van der Waals surface area (Å²) < 4.78 is 25.9. The third-order valence-corrected chi connectivity index (χ3v) is 2.17. The SMILES string of the molecule is CCc1c(F)[nH]c2cc(F)ccc12. The summed E-state index contributed by atoms with van der Waals surface area (Å²) in [6.07, 6.45) is 0.609. The minimum absolute atomic E-state index is 0.351. The smallest absolute Gasteiger partial charge is 0.195 e.